The van der Waals surface area contributed by atoms with Crippen molar-refractivity contribution in [3.8, 4) is 5.69 Å². The summed E-state index contributed by atoms with van der Waals surface area (Å²) in [7, 11) is 0. The van der Waals surface area contributed by atoms with Crippen molar-refractivity contribution >= 4 is 22.6 Å². The van der Waals surface area contributed by atoms with Crippen molar-refractivity contribution < 1.29 is 9.18 Å². The number of nitrogens with one attached hydrogen (secondary N) is 1. The summed E-state index contributed by atoms with van der Waals surface area (Å²) in [5.41, 5.74) is 4.94. The summed E-state index contributed by atoms with van der Waals surface area (Å²) in [5, 5.41) is 2.75. The molecule has 0 aliphatic rings. The molecule has 0 saturated carbocycles. The second kappa shape index (κ2) is 9.09. The van der Waals surface area contributed by atoms with Gasteiger partial charge in [-0.2, -0.15) is 0 Å². The van der Waals surface area contributed by atoms with E-state index in [0.717, 1.165) is 41.0 Å². The molecule has 0 bridgehead atoms. The van der Waals surface area contributed by atoms with Crippen LogP contribution in [0.4, 0.5) is 10.1 Å². The highest BCUT2D eigenvalue weighted by Crippen LogP contribution is 2.23. The van der Waals surface area contributed by atoms with Crippen molar-refractivity contribution in [2.75, 3.05) is 5.32 Å². The van der Waals surface area contributed by atoms with Crippen LogP contribution in [0.15, 0.2) is 103 Å². The molecule has 4 nitrogen and oxygen atoms in total. The Morgan fingerprint density at radius 2 is 1.48 bits per heavy atom. The van der Waals surface area contributed by atoms with Crippen LogP contribution >= 0.6 is 0 Å². The van der Waals surface area contributed by atoms with Gasteiger partial charge in [-0.25, -0.2) is 9.37 Å². The van der Waals surface area contributed by atoms with Gasteiger partial charge in [-0.1, -0.05) is 54.6 Å². The van der Waals surface area contributed by atoms with Gasteiger partial charge in [0.15, 0.2) is 0 Å². The Morgan fingerprint density at radius 3 is 2.27 bits per heavy atom. The van der Waals surface area contributed by atoms with Crippen LogP contribution < -0.4 is 5.32 Å². The van der Waals surface area contributed by atoms with E-state index < -0.39 is 11.7 Å². The van der Waals surface area contributed by atoms with Gasteiger partial charge in [0.1, 0.15) is 11.6 Å². The monoisotopic (exact) mass is 435 g/mol. The SMILES string of the molecule is O=C(Nc1ccc(CCc2nc3ccccc3n2-c2ccccc2)cc1)c1ccccc1F. The predicted molar refractivity (Wildman–Crippen MR) is 129 cm³/mol. The Labute approximate surface area is 191 Å². The van der Waals surface area contributed by atoms with Crippen molar-refractivity contribution in [2.45, 2.75) is 12.8 Å². The van der Waals surface area contributed by atoms with Crippen LogP contribution in [0.3, 0.4) is 0 Å². The van der Waals surface area contributed by atoms with Gasteiger partial charge in [0.25, 0.3) is 5.91 Å². The Morgan fingerprint density at radius 1 is 0.788 bits per heavy atom. The van der Waals surface area contributed by atoms with Crippen LogP contribution in [-0.4, -0.2) is 15.5 Å². The molecule has 0 radical (unpaired) electrons. The standard InChI is InChI=1S/C28H22FN3O/c29-24-11-5-4-10-23(24)28(33)30-21-17-14-20(15-18-21)16-19-27-31-25-12-6-7-13-26(25)32(27)22-8-2-1-3-9-22/h1-15,17-18H,16,19H2,(H,30,33). The maximum atomic E-state index is 13.8. The predicted octanol–water partition coefficient (Wildman–Crippen LogP) is 6.20. The number of anilines is 1. The first-order chi connectivity index (χ1) is 16.2. The molecule has 162 valence electrons. The quantitative estimate of drug-likeness (QED) is 0.345. The first-order valence-electron chi connectivity index (χ1n) is 10.9. The number of hydrogen-bond donors (Lipinski definition) is 1. The number of aromatic nitrogens is 2. The first kappa shape index (κ1) is 20.6. The third-order valence-electron chi connectivity index (χ3n) is 5.61. The topological polar surface area (TPSA) is 46.9 Å². The highest BCUT2D eigenvalue weighted by Gasteiger charge is 2.13. The van der Waals surface area contributed by atoms with E-state index in [4.69, 9.17) is 4.98 Å². The fourth-order valence-corrected chi connectivity index (χ4v) is 3.96. The second-order valence-electron chi connectivity index (χ2n) is 7.82. The lowest BCUT2D eigenvalue weighted by Crippen LogP contribution is -2.13. The molecule has 0 aliphatic carbocycles. The molecule has 1 heterocycles. The lowest BCUT2D eigenvalue weighted by Gasteiger charge is -2.10. The summed E-state index contributed by atoms with van der Waals surface area (Å²) in [6.45, 7) is 0. The number of imidazole rings is 1. The van der Waals surface area contributed by atoms with Crippen LogP contribution in [0.5, 0.6) is 0 Å². The van der Waals surface area contributed by atoms with E-state index in [0.29, 0.717) is 5.69 Å². The normalized spacial score (nSPS) is 10.9. The molecular formula is C28H22FN3O. The minimum Gasteiger partial charge on any atom is -0.322 e. The van der Waals surface area contributed by atoms with Gasteiger partial charge < -0.3 is 5.32 Å². The number of fused-ring (bicyclic) bond motifs is 1. The number of halogens is 1. The van der Waals surface area contributed by atoms with Gasteiger partial charge in [0, 0.05) is 17.8 Å². The summed E-state index contributed by atoms with van der Waals surface area (Å²) >= 11 is 0. The molecular weight excluding hydrogens is 413 g/mol. The Hall–Kier alpha value is -4.25. The number of benzene rings is 4. The number of amides is 1. The van der Waals surface area contributed by atoms with E-state index >= 15 is 0 Å². The molecule has 5 aromatic rings. The van der Waals surface area contributed by atoms with E-state index in [1.807, 2.05) is 60.7 Å². The van der Waals surface area contributed by atoms with Gasteiger partial charge >= 0.3 is 0 Å². The number of carbonyl (C=O) groups excluding carboxylic acids is 1. The van der Waals surface area contributed by atoms with Crippen molar-refractivity contribution in [2.24, 2.45) is 0 Å². The first-order valence-corrected chi connectivity index (χ1v) is 10.9. The molecule has 0 atom stereocenters. The molecule has 0 fully saturated rings. The maximum absolute atomic E-state index is 13.8. The molecule has 0 unspecified atom stereocenters. The van der Waals surface area contributed by atoms with Gasteiger partial charge in [0.05, 0.1) is 16.6 Å². The lowest BCUT2D eigenvalue weighted by molar-refractivity contribution is 0.102. The number of carbonyl (C=O) groups is 1. The Balaban J connectivity index is 1.32. The van der Waals surface area contributed by atoms with E-state index in [1.165, 1.54) is 12.1 Å². The summed E-state index contributed by atoms with van der Waals surface area (Å²) in [6.07, 6.45) is 1.57. The zero-order valence-corrected chi connectivity index (χ0v) is 17.9. The summed E-state index contributed by atoms with van der Waals surface area (Å²) < 4.78 is 16.0. The van der Waals surface area contributed by atoms with Crippen molar-refractivity contribution in [1.82, 2.24) is 9.55 Å². The molecule has 5 rings (SSSR count). The van der Waals surface area contributed by atoms with Crippen LogP contribution in [0.2, 0.25) is 0 Å². The number of hydrogen-bond acceptors (Lipinski definition) is 2. The Bertz CT molecular complexity index is 1410. The third kappa shape index (κ3) is 4.39. The smallest absolute Gasteiger partial charge is 0.258 e. The van der Waals surface area contributed by atoms with E-state index in [9.17, 15) is 9.18 Å². The van der Waals surface area contributed by atoms with Crippen LogP contribution in [0, 0.1) is 5.82 Å². The molecule has 0 aliphatic heterocycles. The minimum absolute atomic E-state index is 0.0291. The van der Waals surface area contributed by atoms with E-state index in [-0.39, 0.29) is 5.56 Å². The van der Waals surface area contributed by atoms with E-state index in [1.54, 1.807) is 12.1 Å². The second-order valence-corrected chi connectivity index (χ2v) is 7.82. The molecule has 5 heteroatoms. The zero-order valence-electron chi connectivity index (χ0n) is 17.9. The molecule has 0 saturated heterocycles. The number of nitrogens with zero attached hydrogens (tertiary/aromatic N) is 2. The molecule has 33 heavy (non-hydrogen) atoms. The summed E-state index contributed by atoms with van der Waals surface area (Å²) in [6, 6.07) is 32.0. The fraction of sp³-hybridized carbons (Fsp3) is 0.0714. The van der Waals surface area contributed by atoms with Gasteiger partial charge in [-0.05, 0) is 60.5 Å². The maximum Gasteiger partial charge on any atom is 0.258 e. The summed E-state index contributed by atoms with van der Waals surface area (Å²) in [4.78, 5) is 17.2. The van der Waals surface area contributed by atoms with Crippen LogP contribution in [0.1, 0.15) is 21.7 Å². The molecule has 4 aromatic carbocycles. The largest absolute Gasteiger partial charge is 0.322 e. The van der Waals surface area contributed by atoms with Crippen molar-refractivity contribution in [1.29, 1.82) is 0 Å². The van der Waals surface area contributed by atoms with Crippen LogP contribution in [0.25, 0.3) is 16.7 Å². The molecule has 1 N–H and O–H groups in total. The van der Waals surface area contributed by atoms with Crippen molar-refractivity contribution in [3.05, 3.63) is 126 Å². The average Bonchev–Trinajstić information content (AvgIpc) is 3.23. The van der Waals surface area contributed by atoms with Crippen molar-refractivity contribution in [3.63, 3.8) is 0 Å². The number of rotatable bonds is 6. The highest BCUT2D eigenvalue weighted by molar-refractivity contribution is 6.04. The van der Waals surface area contributed by atoms with Gasteiger partial charge in [-0.3, -0.25) is 9.36 Å². The number of para-hydroxylation sites is 3. The summed E-state index contributed by atoms with van der Waals surface area (Å²) in [5.74, 6) is 0.00434. The molecule has 0 spiro atoms. The Kier molecular flexibility index (Phi) is 5.68. The van der Waals surface area contributed by atoms with Gasteiger partial charge in [-0.15, -0.1) is 0 Å². The van der Waals surface area contributed by atoms with E-state index in [2.05, 4.69) is 28.1 Å². The molecule has 1 amide bonds. The number of aryl methyl sites for hydroxylation is 2. The lowest BCUT2D eigenvalue weighted by atomic mass is 10.1. The molecule has 1 aromatic heterocycles. The fourth-order valence-electron chi connectivity index (χ4n) is 3.96. The minimum atomic E-state index is -0.534. The zero-order chi connectivity index (χ0) is 22.6. The third-order valence-corrected chi connectivity index (χ3v) is 5.61. The van der Waals surface area contributed by atoms with Crippen LogP contribution in [-0.2, 0) is 12.8 Å². The average molecular weight is 436 g/mol. The van der Waals surface area contributed by atoms with Gasteiger partial charge in [0.2, 0.25) is 0 Å². The highest BCUT2D eigenvalue weighted by atomic mass is 19.1.